The van der Waals surface area contributed by atoms with E-state index in [4.69, 9.17) is 9.26 Å². The van der Waals surface area contributed by atoms with Gasteiger partial charge in [0.15, 0.2) is 5.82 Å². The first-order chi connectivity index (χ1) is 11.2. The lowest BCUT2D eigenvalue weighted by Crippen LogP contribution is -2.32. The molecule has 0 radical (unpaired) electrons. The van der Waals surface area contributed by atoms with Crippen molar-refractivity contribution in [2.45, 2.75) is 25.9 Å². The normalized spacial score (nSPS) is 26.7. The second-order valence-corrected chi connectivity index (χ2v) is 7.12. The molecular formula is C16H19N3O3S. The minimum absolute atomic E-state index is 0.149. The smallest absolute Gasteiger partial charge is 0.227 e. The van der Waals surface area contributed by atoms with Crippen LogP contribution < -0.4 is 0 Å². The summed E-state index contributed by atoms with van der Waals surface area (Å²) in [6.45, 7) is 4.00. The molecule has 4 heterocycles. The van der Waals surface area contributed by atoms with E-state index in [1.165, 1.54) is 0 Å². The molecular weight excluding hydrogens is 314 g/mol. The van der Waals surface area contributed by atoms with Crippen molar-refractivity contribution in [3.05, 3.63) is 34.1 Å². The van der Waals surface area contributed by atoms with Crippen LogP contribution in [0.3, 0.4) is 0 Å². The highest BCUT2D eigenvalue weighted by atomic mass is 32.1. The number of thiophene rings is 1. The van der Waals surface area contributed by atoms with Crippen molar-refractivity contribution in [3.8, 4) is 0 Å². The Hall–Kier alpha value is -1.73. The number of amides is 1. The van der Waals surface area contributed by atoms with Gasteiger partial charge in [-0.25, -0.2) is 0 Å². The summed E-state index contributed by atoms with van der Waals surface area (Å²) < 4.78 is 11.1. The summed E-state index contributed by atoms with van der Waals surface area (Å²) in [6.07, 6.45) is 1.36. The SMILES string of the molecule is Cc1noc(C[C@@H]2CO[C@H]3CN(C(=O)Cc4ccsc4)C[C@@H]23)n1. The van der Waals surface area contributed by atoms with Gasteiger partial charge in [-0.15, -0.1) is 0 Å². The maximum absolute atomic E-state index is 12.4. The maximum Gasteiger partial charge on any atom is 0.227 e. The molecule has 2 aliphatic heterocycles. The molecule has 2 saturated heterocycles. The molecule has 4 rings (SSSR count). The zero-order valence-corrected chi connectivity index (χ0v) is 13.8. The van der Waals surface area contributed by atoms with E-state index in [-0.39, 0.29) is 12.0 Å². The summed E-state index contributed by atoms with van der Waals surface area (Å²) in [5, 5.41) is 7.88. The Labute approximate surface area is 138 Å². The van der Waals surface area contributed by atoms with Crippen molar-refractivity contribution in [3.63, 3.8) is 0 Å². The Morgan fingerprint density at radius 1 is 1.48 bits per heavy atom. The number of carbonyl (C=O) groups excluding carboxylic acids is 1. The second kappa shape index (κ2) is 6.05. The first kappa shape index (κ1) is 14.8. The van der Waals surface area contributed by atoms with Crippen LogP contribution in [0.25, 0.3) is 0 Å². The number of nitrogens with zero attached hydrogens (tertiary/aromatic N) is 3. The zero-order valence-electron chi connectivity index (χ0n) is 13.0. The molecule has 0 bridgehead atoms. The third-order valence-corrected chi connectivity index (χ3v) is 5.47. The molecule has 0 N–H and O–H groups in total. The van der Waals surface area contributed by atoms with E-state index in [9.17, 15) is 4.79 Å². The molecule has 0 aromatic carbocycles. The standard InChI is InChI=1S/C16H19N3O3S/c1-10-17-15(22-18-10)5-12-8-21-14-7-19(6-13(12)14)16(20)4-11-2-3-23-9-11/h2-3,9,12-14H,4-8H2,1H3/t12-,13+,14+/m1/s1. The van der Waals surface area contributed by atoms with Gasteiger partial charge in [-0.3, -0.25) is 4.79 Å². The number of aryl methyl sites for hydroxylation is 1. The van der Waals surface area contributed by atoms with Gasteiger partial charge in [0.1, 0.15) is 0 Å². The Morgan fingerprint density at radius 3 is 3.13 bits per heavy atom. The summed E-state index contributed by atoms with van der Waals surface area (Å²) in [4.78, 5) is 18.7. The molecule has 0 aliphatic carbocycles. The molecule has 122 valence electrons. The number of rotatable bonds is 4. The van der Waals surface area contributed by atoms with Gasteiger partial charge in [0, 0.05) is 25.4 Å². The summed E-state index contributed by atoms with van der Waals surface area (Å²) in [6, 6.07) is 2.01. The molecule has 2 aromatic rings. The summed E-state index contributed by atoms with van der Waals surface area (Å²) in [5.74, 6) is 2.23. The minimum Gasteiger partial charge on any atom is -0.376 e. The Morgan fingerprint density at radius 2 is 2.39 bits per heavy atom. The van der Waals surface area contributed by atoms with E-state index in [1.807, 2.05) is 28.7 Å². The lowest BCUT2D eigenvalue weighted by Gasteiger charge is -2.19. The van der Waals surface area contributed by atoms with E-state index < -0.39 is 0 Å². The fraction of sp³-hybridized carbons (Fsp3) is 0.562. The van der Waals surface area contributed by atoms with Gasteiger partial charge in [-0.2, -0.15) is 16.3 Å². The number of ether oxygens (including phenoxy) is 1. The number of aromatic nitrogens is 2. The third kappa shape index (κ3) is 3.03. The molecule has 2 aromatic heterocycles. The molecule has 0 spiro atoms. The van der Waals surface area contributed by atoms with Crippen molar-refractivity contribution in [2.75, 3.05) is 19.7 Å². The highest BCUT2D eigenvalue weighted by Gasteiger charge is 2.45. The topological polar surface area (TPSA) is 68.5 Å². The van der Waals surface area contributed by atoms with E-state index in [1.54, 1.807) is 11.3 Å². The van der Waals surface area contributed by atoms with Gasteiger partial charge >= 0.3 is 0 Å². The molecule has 2 aliphatic rings. The predicted molar refractivity (Wildman–Crippen MR) is 84.1 cm³/mol. The number of hydrogen-bond donors (Lipinski definition) is 0. The molecule has 2 fully saturated rings. The van der Waals surface area contributed by atoms with Crippen LogP contribution in [-0.4, -0.2) is 46.7 Å². The average molecular weight is 333 g/mol. The van der Waals surface area contributed by atoms with Crippen molar-refractivity contribution in [1.82, 2.24) is 15.0 Å². The van der Waals surface area contributed by atoms with Crippen molar-refractivity contribution >= 4 is 17.2 Å². The lowest BCUT2D eigenvalue weighted by molar-refractivity contribution is -0.130. The molecule has 0 saturated carbocycles. The van der Waals surface area contributed by atoms with Crippen molar-refractivity contribution in [2.24, 2.45) is 11.8 Å². The largest absolute Gasteiger partial charge is 0.376 e. The highest BCUT2D eigenvalue weighted by Crippen LogP contribution is 2.35. The van der Waals surface area contributed by atoms with Gasteiger partial charge in [0.2, 0.25) is 11.8 Å². The Bertz CT molecular complexity index is 685. The van der Waals surface area contributed by atoms with Gasteiger partial charge < -0.3 is 14.2 Å². The van der Waals surface area contributed by atoms with E-state index in [2.05, 4.69) is 10.1 Å². The van der Waals surface area contributed by atoms with Crippen LogP contribution in [-0.2, 0) is 22.4 Å². The van der Waals surface area contributed by atoms with E-state index in [0.717, 1.165) is 18.5 Å². The fourth-order valence-corrected chi connectivity index (χ4v) is 4.21. The van der Waals surface area contributed by atoms with Gasteiger partial charge in [-0.05, 0) is 35.2 Å². The van der Waals surface area contributed by atoms with Crippen LogP contribution in [0, 0.1) is 18.8 Å². The molecule has 3 atom stereocenters. The van der Waals surface area contributed by atoms with Gasteiger partial charge in [0.05, 0.1) is 19.1 Å². The maximum atomic E-state index is 12.4. The van der Waals surface area contributed by atoms with Crippen molar-refractivity contribution in [1.29, 1.82) is 0 Å². The minimum atomic E-state index is 0.149. The third-order valence-electron chi connectivity index (χ3n) is 4.73. The summed E-state index contributed by atoms with van der Waals surface area (Å²) in [7, 11) is 0. The monoisotopic (exact) mass is 333 g/mol. The number of fused-ring (bicyclic) bond motifs is 1. The van der Waals surface area contributed by atoms with Crippen LogP contribution in [0.2, 0.25) is 0 Å². The van der Waals surface area contributed by atoms with Crippen LogP contribution in [0.1, 0.15) is 17.3 Å². The van der Waals surface area contributed by atoms with Crippen LogP contribution in [0.5, 0.6) is 0 Å². The van der Waals surface area contributed by atoms with Crippen LogP contribution in [0.15, 0.2) is 21.3 Å². The number of carbonyl (C=O) groups is 1. The summed E-state index contributed by atoms with van der Waals surface area (Å²) in [5.41, 5.74) is 1.09. The molecule has 6 nitrogen and oxygen atoms in total. The highest BCUT2D eigenvalue weighted by molar-refractivity contribution is 7.07. The second-order valence-electron chi connectivity index (χ2n) is 6.34. The first-order valence-corrected chi connectivity index (χ1v) is 8.83. The molecule has 0 unspecified atom stereocenters. The number of hydrogen-bond acceptors (Lipinski definition) is 6. The molecule has 7 heteroatoms. The van der Waals surface area contributed by atoms with Crippen LogP contribution in [0.4, 0.5) is 0 Å². The predicted octanol–water partition coefficient (Wildman–Crippen LogP) is 1.70. The molecule has 23 heavy (non-hydrogen) atoms. The fourth-order valence-electron chi connectivity index (χ4n) is 3.54. The quantitative estimate of drug-likeness (QED) is 0.852. The van der Waals surface area contributed by atoms with E-state index >= 15 is 0 Å². The van der Waals surface area contributed by atoms with E-state index in [0.29, 0.717) is 43.1 Å². The Balaban J connectivity index is 1.38. The average Bonchev–Trinajstić information content (AvgIpc) is 3.26. The van der Waals surface area contributed by atoms with Gasteiger partial charge in [-0.1, -0.05) is 5.16 Å². The molecule has 1 amide bonds. The van der Waals surface area contributed by atoms with Crippen molar-refractivity contribution < 1.29 is 14.1 Å². The zero-order chi connectivity index (χ0) is 15.8. The Kier molecular flexibility index (Phi) is 3.90. The first-order valence-electron chi connectivity index (χ1n) is 7.88. The summed E-state index contributed by atoms with van der Waals surface area (Å²) >= 11 is 1.63. The van der Waals surface area contributed by atoms with Crippen LogP contribution >= 0.6 is 11.3 Å². The lowest BCUT2D eigenvalue weighted by atomic mass is 9.90. The van der Waals surface area contributed by atoms with Gasteiger partial charge in [0.25, 0.3) is 0 Å². The number of likely N-dealkylation sites (tertiary alicyclic amines) is 1.